The van der Waals surface area contributed by atoms with Crippen molar-refractivity contribution in [1.29, 1.82) is 0 Å². The molecule has 2 rings (SSSR count). The fraction of sp³-hybridized carbons (Fsp3) is 0.600. The summed E-state index contributed by atoms with van der Waals surface area (Å²) >= 11 is 0. The molecule has 0 aromatic heterocycles. The quantitative estimate of drug-likeness (QED) is 0.861. The maximum atomic E-state index is 5.87. The second-order valence-corrected chi connectivity index (χ2v) is 5.21. The maximum absolute atomic E-state index is 5.87. The zero-order valence-corrected chi connectivity index (χ0v) is 11.4. The summed E-state index contributed by atoms with van der Waals surface area (Å²) in [7, 11) is 1.70. The van der Waals surface area contributed by atoms with Gasteiger partial charge in [-0.3, -0.25) is 0 Å². The molecule has 2 atom stereocenters. The largest absolute Gasteiger partial charge is 0.497 e. The van der Waals surface area contributed by atoms with E-state index in [1.54, 1.807) is 7.11 Å². The first-order valence-corrected chi connectivity index (χ1v) is 6.86. The Labute approximate surface area is 110 Å². The summed E-state index contributed by atoms with van der Waals surface area (Å²) in [5.41, 5.74) is 8.31. The molecule has 0 amide bonds. The van der Waals surface area contributed by atoms with Gasteiger partial charge in [0, 0.05) is 11.7 Å². The van der Waals surface area contributed by atoms with E-state index in [9.17, 15) is 0 Å². The van der Waals surface area contributed by atoms with Crippen LogP contribution in [0.15, 0.2) is 18.2 Å². The number of anilines is 1. The fourth-order valence-corrected chi connectivity index (χ4v) is 2.80. The number of hydrogen-bond donors (Lipinski definition) is 2. The van der Waals surface area contributed by atoms with Crippen molar-refractivity contribution in [2.45, 2.75) is 38.6 Å². The summed E-state index contributed by atoms with van der Waals surface area (Å²) in [6.45, 7) is 2.90. The molecule has 2 unspecified atom stereocenters. The van der Waals surface area contributed by atoms with Crippen molar-refractivity contribution in [2.75, 3.05) is 19.0 Å². The van der Waals surface area contributed by atoms with Crippen LogP contribution in [0.2, 0.25) is 0 Å². The Bertz CT molecular complexity index is 392. The molecule has 1 aromatic carbocycles. The van der Waals surface area contributed by atoms with Crippen LogP contribution < -0.4 is 15.8 Å². The third kappa shape index (κ3) is 2.96. The highest BCUT2D eigenvalue weighted by Crippen LogP contribution is 2.29. The lowest BCUT2D eigenvalue weighted by atomic mass is 9.84. The number of nitrogens with two attached hydrogens (primary N) is 1. The minimum atomic E-state index is 0.524. The lowest BCUT2D eigenvalue weighted by Gasteiger charge is -2.32. The molecule has 0 saturated heterocycles. The van der Waals surface area contributed by atoms with Crippen molar-refractivity contribution < 1.29 is 4.74 Å². The average molecular weight is 248 g/mol. The summed E-state index contributed by atoms with van der Waals surface area (Å²) in [5.74, 6) is 1.53. The lowest BCUT2D eigenvalue weighted by molar-refractivity contribution is 0.332. The molecule has 3 nitrogen and oxygen atoms in total. The van der Waals surface area contributed by atoms with Gasteiger partial charge in [0.15, 0.2) is 0 Å². The van der Waals surface area contributed by atoms with Crippen LogP contribution in [-0.2, 0) is 0 Å². The first-order valence-electron chi connectivity index (χ1n) is 6.86. The van der Waals surface area contributed by atoms with Gasteiger partial charge in [0.2, 0.25) is 0 Å². The number of hydrogen-bond acceptors (Lipinski definition) is 3. The zero-order valence-electron chi connectivity index (χ0n) is 11.4. The Morgan fingerprint density at radius 1 is 1.33 bits per heavy atom. The molecule has 1 aromatic rings. The number of methoxy groups -OCH3 is 1. The number of benzene rings is 1. The molecule has 1 aliphatic rings. The van der Waals surface area contributed by atoms with E-state index < -0.39 is 0 Å². The Morgan fingerprint density at radius 2 is 2.11 bits per heavy atom. The van der Waals surface area contributed by atoms with Crippen molar-refractivity contribution in [1.82, 2.24) is 0 Å². The first-order chi connectivity index (χ1) is 8.74. The van der Waals surface area contributed by atoms with Crippen molar-refractivity contribution in [3.05, 3.63) is 23.8 Å². The van der Waals surface area contributed by atoms with Gasteiger partial charge in [0.1, 0.15) is 5.75 Å². The molecule has 3 heteroatoms. The van der Waals surface area contributed by atoms with Gasteiger partial charge in [-0.15, -0.1) is 0 Å². The predicted octanol–water partition coefficient (Wildman–Crippen LogP) is 2.93. The summed E-state index contributed by atoms with van der Waals surface area (Å²) in [6.07, 6.45) is 5.11. The number of aryl methyl sites for hydroxylation is 1. The van der Waals surface area contributed by atoms with Crippen molar-refractivity contribution in [3.8, 4) is 5.75 Å². The van der Waals surface area contributed by atoms with Crippen LogP contribution in [0.1, 0.15) is 31.2 Å². The second kappa shape index (κ2) is 6.10. The van der Waals surface area contributed by atoms with Gasteiger partial charge in [-0.25, -0.2) is 0 Å². The number of rotatable bonds is 4. The SMILES string of the molecule is COc1ccc(NC2CCCCC2CN)c(C)c1. The first kappa shape index (κ1) is 13.2. The molecule has 1 fully saturated rings. The van der Waals surface area contributed by atoms with Crippen LogP contribution in [0.4, 0.5) is 5.69 Å². The Kier molecular flexibility index (Phi) is 4.48. The number of nitrogens with one attached hydrogen (secondary N) is 1. The monoisotopic (exact) mass is 248 g/mol. The van der Waals surface area contributed by atoms with E-state index in [0.29, 0.717) is 12.0 Å². The van der Waals surface area contributed by atoms with Crippen LogP contribution >= 0.6 is 0 Å². The van der Waals surface area contributed by atoms with E-state index in [0.717, 1.165) is 12.3 Å². The molecule has 0 aliphatic heterocycles. The lowest BCUT2D eigenvalue weighted by Crippen LogP contribution is -2.36. The third-order valence-corrected chi connectivity index (χ3v) is 3.99. The van der Waals surface area contributed by atoms with E-state index in [-0.39, 0.29) is 0 Å². The zero-order chi connectivity index (χ0) is 13.0. The highest BCUT2D eigenvalue weighted by atomic mass is 16.5. The van der Waals surface area contributed by atoms with Crippen LogP contribution in [0.5, 0.6) is 5.75 Å². The maximum Gasteiger partial charge on any atom is 0.119 e. The van der Waals surface area contributed by atoms with Crippen LogP contribution in [0, 0.1) is 12.8 Å². The van der Waals surface area contributed by atoms with Gasteiger partial charge in [-0.1, -0.05) is 12.8 Å². The molecule has 0 spiro atoms. The highest BCUT2D eigenvalue weighted by Gasteiger charge is 2.23. The number of ether oxygens (including phenoxy) is 1. The predicted molar refractivity (Wildman–Crippen MR) is 76.2 cm³/mol. The van der Waals surface area contributed by atoms with Crippen molar-refractivity contribution in [3.63, 3.8) is 0 Å². The molecular formula is C15H24N2O. The summed E-state index contributed by atoms with van der Waals surface area (Å²) in [6, 6.07) is 6.71. The molecular weight excluding hydrogens is 224 g/mol. The Balaban J connectivity index is 2.07. The Morgan fingerprint density at radius 3 is 2.78 bits per heavy atom. The third-order valence-electron chi connectivity index (χ3n) is 3.99. The molecule has 1 saturated carbocycles. The molecule has 0 heterocycles. The van der Waals surface area contributed by atoms with E-state index >= 15 is 0 Å². The van der Waals surface area contributed by atoms with Crippen LogP contribution in [-0.4, -0.2) is 19.7 Å². The second-order valence-electron chi connectivity index (χ2n) is 5.21. The van der Waals surface area contributed by atoms with Gasteiger partial charge in [0.25, 0.3) is 0 Å². The molecule has 1 aliphatic carbocycles. The Hall–Kier alpha value is -1.22. The molecule has 0 radical (unpaired) electrons. The van der Waals surface area contributed by atoms with Crippen LogP contribution in [0.25, 0.3) is 0 Å². The standard InChI is InChI=1S/C15H24N2O/c1-11-9-13(18-2)7-8-14(11)17-15-6-4-3-5-12(15)10-16/h7-9,12,15,17H,3-6,10,16H2,1-2H3. The van der Waals surface area contributed by atoms with E-state index in [2.05, 4.69) is 24.4 Å². The average Bonchev–Trinajstić information content (AvgIpc) is 2.41. The minimum absolute atomic E-state index is 0.524. The molecule has 100 valence electrons. The normalized spacial score (nSPS) is 23.7. The molecule has 18 heavy (non-hydrogen) atoms. The van der Waals surface area contributed by atoms with Gasteiger partial charge in [-0.05, 0) is 56.0 Å². The fourth-order valence-electron chi connectivity index (χ4n) is 2.80. The van der Waals surface area contributed by atoms with E-state index in [1.165, 1.54) is 36.9 Å². The minimum Gasteiger partial charge on any atom is -0.497 e. The highest BCUT2D eigenvalue weighted by molar-refractivity contribution is 5.54. The molecule has 0 bridgehead atoms. The summed E-state index contributed by atoms with van der Waals surface area (Å²) in [5, 5.41) is 3.67. The van der Waals surface area contributed by atoms with E-state index in [1.807, 2.05) is 6.07 Å². The van der Waals surface area contributed by atoms with Gasteiger partial charge < -0.3 is 15.8 Å². The summed E-state index contributed by atoms with van der Waals surface area (Å²) in [4.78, 5) is 0. The van der Waals surface area contributed by atoms with Gasteiger partial charge in [0.05, 0.1) is 7.11 Å². The topological polar surface area (TPSA) is 47.3 Å². The molecule has 3 N–H and O–H groups in total. The summed E-state index contributed by atoms with van der Waals surface area (Å²) < 4.78 is 5.23. The van der Waals surface area contributed by atoms with Crippen LogP contribution in [0.3, 0.4) is 0 Å². The van der Waals surface area contributed by atoms with E-state index in [4.69, 9.17) is 10.5 Å². The van der Waals surface area contributed by atoms with Crippen molar-refractivity contribution in [2.24, 2.45) is 11.7 Å². The smallest absolute Gasteiger partial charge is 0.119 e. The van der Waals surface area contributed by atoms with Gasteiger partial charge >= 0.3 is 0 Å². The van der Waals surface area contributed by atoms with Crippen molar-refractivity contribution >= 4 is 5.69 Å². The van der Waals surface area contributed by atoms with Gasteiger partial charge in [-0.2, -0.15) is 0 Å².